The number of rotatable bonds is 0. The van der Waals surface area contributed by atoms with Crippen molar-refractivity contribution in [3.63, 3.8) is 0 Å². The summed E-state index contributed by atoms with van der Waals surface area (Å²) < 4.78 is 24.6. The minimum absolute atomic E-state index is 0.260. The Labute approximate surface area is 71.4 Å². The van der Waals surface area contributed by atoms with E-state index < -0.39 is 15.3 Å². The maximum Gasteiger partial charge on any atom is 0.238 e. The summed E-state index contributed by atoms with van der Waals surface area (Å²) in [5.41, 5.74) is 0. The van der Waals surface area contributed by atoms with Crippen LogP contribution in [0.3, 0.4) is 0 Å². The van der Waals surface area contributed by atoms with Gasteiger partial charge in [-0.3, -0.25) is 9.52 Å². The van der Waals surface area contributed by atoms with Gasteiger partial charge in [0.2, 0.25) is 15.9 Å². The zero-order valence-corrected chi connectivity index (χ0v) is 7.43. The van der Waals surface area contributed by atoms with Gasteiger partial charge in [-0.15, -0.1) is 0 Å². The van der Waals surface area contributed by atoms with Crippen LogP contribution in [0.4, 0.5) is 0 Å². The Bertz CT molecular complexity index is 309. The van der Waals surface area contributed by atoms with Crippen LogP contribution in [-0.2, 0) is 14.8 Å². The highest BCUT2D eigenvalue weighted by Crippen LogP contribution is 2.33. The molecule has 0 bridgehead atoms. The fraction of sp³-hybridized carbons (Fsp3) is 0.857. The summed E-state index contributed by atoms with van der Waals surface area (Å²) in [5, 5.41) is -0.432. The van der Waals surface area contributed by atoms with Gasteiger partial charge in [-0.2, -0.15) is 0 Å². The lowest BCUT2D eigenvalue weighted by molar-refractivity contribution is -0.122. The minimum Gasteiger partial charge on any atom is -0.274 e. The van der Waals surface area contributed by atoms with Crippen LogP contribution in [0.2, 0.25) is 0 Å². The van der Waals surface area contributed by atoms with Gasteiger partial charge in [-0.25, -0.2) is 8.42 Å². The summed E-state index contributed by atoms with van der Waals surface area (Å²) in [6, 6.07) is 0. The smallest absolute Gasteiger partial charge is 0.238 e. The highest BCUT2D eigenvalue weighted by atomic mass is 32.2. The fourth-order valence-corrected chi connectivity index (χ4v) is 3.81. The van der Waals surface area contributed by atoms with Gasteiger partial charge >= 0.3 is 0 Å². The molecule has 0 aromatic heterocycles. The molecule has 1 saturated carbocycles. The highest BCUT2D eigenvalue weighted by molar-refractivity contribution is 7.91. The molecule has 2 atom stereocenters. The molecule has 1 aliphatic carbocycles. The third-order valence-electron chi connectivity index (χ3n) is 2.68. The lowest BCUT2D eigenvalue weighted by atomic mass is 9.88. The molecular weight excluding hydrogens is 178 g/mol. The largest absolute Gasteiger partial charge is 0.274 e. The number of carbonyl (C=O) groups excluding carboxylic acids is 1. The Morgan fingerprint density at radius 2 is 1.92 bits per heavy atom. The topological polar surface area (TPSA) is 63.2 Å². The number of carbonyl (C=O) groups is 1. The van der Waals surface area contributed by atoms with Crippen LogP contribution >= 0.6 is 0 Å². The van der Waals surface area contributed by atoms with Gasteiger partial charge in [0.25, 0.3) is 0 Å². The fourth-order valence-electron chi connectivity index (χ4n) is 2.06. The van der Waals surface area contributed by atoms with Crippen LogP contribution in [0.5, 0.6) is 0 Å². The molecule has 1 aliphatic heterocycles. The molecule has 2 aliphatic rings. The van der Waals surface area contributed by atoms with E-state index >= 15 is 0 Å². The Hall–Kier alpha value is -0.580. The van der Waals surface area contributed by atoms with Crippen LogP contribution < -0.4 is 4.72 Å². The highest BCUT2D eigenvalue weighted by Gasteiger charge is 2.46. The molecule has 5 heteroatoms. The summed E-state index contributed by atoms with van der Waals surface area (Å²) in [4.78, 5) is 11.1. The first kappa shape index (κ1) is 8.04. The quantitative estimate of drug-likeness (QED) is 0.583. The van der Waals surface area contributed by atoms with Crippen LogP contribution in [0.1, 0.15) is 25.7 Å². The molecule has 0 spiro atoms. The average Bonchev–Trinajstić information content (AvgIpc) is 2.25. The van der Waals surface area contributed by atoms with Crippen LogP contribution in [0.15, 0.2) is 0 Å². The average molecular weight is 189 g/mol. The first-order chi connectivity index (χ1) is 5.61. The number of amides is 1. The number of nitrogens with one attached hydrogen (secondary N) is 1. The zero-order valence-electron chi connectivity index (χ0n) is 6.62. The lowest BCUT2D eigenvalue weighted by Crippen LogP contribution is -2.27. The van der Waals surface area contributed by atoms with Crippen molar-refractivity contribution >= 4 is 15.9 Å². The van der Waals surface area contributed by atoms with Crippen molar-refractivity contribution < 1.29 is 13.2 Å². The van der Waals surface area contributed by atoms with E-state index in [0.29, 0.717) is 6.42 Å². The van der Waals surface area contributed by atoms with Gasteiger partial charge < -0.3 is 0 Å². The van der Waals surface area contributed by atoms with E-state index in [1.54, 1.807) is 0 Å². The standard InChI is InChI=1S/C7H11NO3S/c9-7-5-3-1-2-4-6(5)12(10,11)8-7/h5-6H,1-4H2,(H,8,9)/t5-,6-/m0/s1. The first-order valence-electron chi connectivity index (χ1n) is 4.17. The third-order valence-corrected chi connectivity index (χ3v) is 4.53. The van der Waals surface area contributed by atoms with Crippen LogP contribution in [-0.4, -0.2) is 19.6 Å². The molecule has 1 heterocycles. The lowest BCUT2D eigenvalue weighted by Gasteiger charge is -2.19. The normalized spacial score (nSPS) is 38.8. The number of hydrogen-bond donors (Lipinski definition) is 1. The summed E-state index contributed by atoms with van der Waals surface area (Å²) in [6.45, 7) is 0. The molecule has 4 nitrogen and oxygen atoms in total. The molecule has 0 aromatic rings. The monoisotopic (exact) mass is 189 g/mol. The summed E-state index contributed by atoms with van der Waals surface area (Å²) in [6.07, 6.45) is 3.28. The predicted octanol–water partition coefficient (Wildman–Crippen LogP) is 0.00480. The molecule has 2 fully saturated rings. The molecule has 0 unspecified atom stereocenters. The molecule has 1 amide bonds. The van der Waals surface area contributed by atoms with Crippen molar-refractivity contribution in [2.45, 2.75) is 30.9 Å². The summed E-state index contributed by atoms with van der Waals surface area (Å²) in [5.74, 6) is -0.552. The summed E-state index contributed by atoms with van der Waals surface area (Å²) in [7, 11) is -3.30. The van der Waals surface area contributed by atoms with Crippen molar-refractivity contribution in [1.82, 2.24) is 4.72 Å². The van der Waals surface area contributed by atoms with Crippen LogP contribution in [0.25, 0.3) is 0 Å². The molecule has 0 radical (unpaired) electrons. The Kier molecular flexibility index (Phi) is 1.64. The first-order valence-corrected chi connectivity index (χ1v) is 5.71. The maximum atomic E-state index is 11.3. The van der Waals surface area contributed by atoms with Gasteiger partial charge in [0.15, 0.2) is 0 Å². The van der Waals surface area contributed by atoms with Crippen molar-refractivity contribution in [3.05, 3.63) is 0 Å². The SMILES string of the molecule is O=C1NS(=O)(=O)[C@H]2CCCC[C@H]12. The van der Waals surface area contributed by atoms with E-state index in [0.717, 1.165) is 19.3 Å². The van der Waals surface area contributed by atoms with Crippen LogP contribution in [0, 0.1) is 5.92 Å². The van der Waals surface area contributed by atoms with Crippen molar-refractivity contribution in [3.8, 4) is 0 Å². The summed E-state index contributed by atoms with van der Waals surface area (Å²) >= 11 is 0. The zero-order chi connectivity index (χ0) is 8.77. The van der Waals surface area contributed by atoms with Gasteiger partial charge in [0.05, 0.1) is 11.2 Å². The van der Waals surface area contributed by atoms with Gasteiger partial charge in [0.1, 0.15) is 0 Å². The Morgan fingerprint density at radius 1 is 1.25 bits per heavy atom. The molecule has 2 rings (SSSR count). The molecule has 1 N–H and O–H groups in total. The second-order valence-electron chi connectivity index (χ2n) is 3.44. The molecule has 0 aromatic carbocycles. The molecule has 68 valence electrons. The third kappa shape index (κ3) is 1.03. The number of sulfonamides is 1. The van der Waals surface area contributed by atoms with E-state index in [1.807, 2.05) is 0 Å². The van der Waals surface area contributed by atoms with E-state index in [1.165, 1.54) is 0 Å². The Morgan fingerprint density at radius 3 is 2.58 bits per heavy atom. The number of fused-ring (bicyclic) bond motifs is 1. The number of hydrogen-bond acceptors (Lipinski definition) is 3. The predicted molar refractivity (Wildman–Crippen MR) is 42.8 cm³/mol. The van der Waals surface area contributed by atoms with E-state index in [4.69, 9.17) is 0 Å². The van der Waals surface area contributed by atoms with E-state index in [2.05, 4.69) is 4.72 Å². The second-order valence-corrected chi connectivity index (χ2v) is 5.34. The van der Waals surface area contributed by atoms with E-state index in [9.17, 15) is 13.2 Å². The van der Waals surface area contributed by atoms with Crippen molar-refractivity contribution in [2.24, 2.45) is 5.92 Å². The molecular formula is C7H11NO3S. The second kappa shape index (κ2) is 2.45. The van der Waals surface area contributed by atoms with Gasteiger partial charge in [-0.05, 0) is 12.8 Å². The van der Waals surface area contributed by atoms with Gasteiger partial charge in [-0.1, -0.05) is 12.8 Å². The maximum absolute atomic E-state index is 11.3. The van der Waals surface area contributed by atoms with Gasteiger partial charge in [0, 0.05) is 0 Å². The van der Waals surface area contributed by atoms with E-state index in [-0.39, 0.29) is 11.8 Å². The minimum atomic E-state index is -3.30. The Balaban J connectivity index is 2.34. The molecule has 12 heavy (non-hydrogen) atoms. The van der Waals surface area contributed by atoms with Crippen molar-refractivity contribution in [2.75, 3.05) is 0 Å². The molecule has 1 saturated heterocycles. The van der Waals surface area contributed by atoms with Crippen molar-refractivity contribution in [1.29, 1.82) is 0 Å².